The predicted molar refractivity (Wildman–Crippen MR) is 15.0 cm³/mol. The van der Waals surface area contributed by atoms with Crippen LogP contribution in [0.4, 0.5) is 0 Å². The smallest absolute Gasteiger partial charge is 0.549 e. The van der Waals surface area contributed by atoms with Crippen LogP contribution < -0.4 is 5.73 Å². The summed E-state index contributed by atoms with van der Waals surface area (Å²) in [6.07, 6.45) is -0.0833. The summed E-state index contributed by atoms with van der Waals surface area (Å²) in [7, 11) is 0. The van der Waals surface area contributed by atoms with Gasteiger partial charge in [-0.15, -0.1) is 6.23 Å². The largest absolute Gasteiger partial charge is 1.00 e. The molecule has 36 valence electrons. The summed E-state index contributed by atoms with van der Waals surface area (Å²) in [6.45, 7) is 1.42. The van der Waals surface area contributed by atoms with Gasteiger partial charge in [-0.05, 0) is 0 Å². The SMILES string of the molecule is C[C-](N)O.[Cu+]. The minimum Gasteiger partial charge on any atom is -0.549 e. The fourth-order valence-electron chi connectivity index (χ4n) is 0. The fraction of sp³-hybridized carbons (Fsp3) is 0.500. The van der Waals surface area contributed by atoms with Crippen molar-refractivity contribution in [3.63, 3.8) is 0 Å². The van der Waals surface area contributed by atoms with Crippen LogP contribution in [0.15, 0.2) is 0 Å². The normalized spacial score (nSPS) is 7.20. The van der Waals surface area contributed by atoms with Crippen molar-refractivity contribution in [1.82, 2.24) is 0 Å². The van der Waals surface area contributed by atoms with Gasteiger partial charge in [0.2, 0.25) is 0 Å². The molecule has 5 heavy (non-hydrogen) atoms. The molecule has 0 unspecified atom stereocenters. The Balaban J connectivity index is 0. The van der Waals surface area contributed by atoms with Crippen LogP contribution in [0.25, 0.3) is 0 Å². The van der Waals surface area contributed by atoms with Crippen LogP contribution in [0, 0.1) is 6.23 Å². The summed E-state index contributed by atoms with van der Waals surface area (Å²) in [5.41, 5.74) is 4.58. The summed E-state index contributed by atoms with van der Waals surface area (Å²) in [5.74, 6) is 0. The molecule has 0 aromatic carbocycles. The molecule has 3 N–H and O–H groups in total. The van der Waals surface area contributed by atoms with Crippen molar-refractivity contribution in [2.24, 2.45) is 5.73 Å². The van der Waals surface area contributed by atoms with E-state index in [1.54, 1.807) is 0 Å². The fourth-order valence-corrected chi connectivity index (χ4v) is 0. The van der Waals surface area contributed by atoms with E-state index in [9.17, 15) is 0 Å². The molecule has 0 fully saturated rings. The van der Waals surface area contributed by atoms with Gasteiger partial charge < -0.3 is 10.8 Å². The van der Waals surface area contributed by atoms with Crippen LogP contribution in [-0.4, -0.2) is 5.11 Å². The maximum Gasteiger partial charge on any atom is 1.00 e. The second kappa shape index (κ2) is 4.44. The van der Waals surface area contributed by atoms with Crippen molar-refractivity contribution < 1.29 is 22.2 Å². The molecule has 0 aliphatic rings. The molecule has 0 saturated carbocycles. The quantitative estimate of drug-likeness (QED) is 0.347. The van der Waals surface area contributed by atoms with Crippen molar-refractivity contribution >= 4 is 0 Å². The van der Waals surface area contributed by atoms with Crippen LogP contribution in [-0.2, 0) is 17.1 Å². The van der Waals surface area contributed by atoms with Crippen molar-refractivity contribution in [3.05, 3.63) is 6.23 Å². The summed E-state index contributed by atoms with van der Waals surface area (Å²) in [5, 5.41) is 7.75. The van der Waals surface area contributed by atoms with Gasteiger partial charge in [0.15, 0.2) is 0 Å². The van der Waals surface area contributed by atoms with E-state index in [-0.39, 0.29) is 23.3 Å². The van der Waals surface area contributed by atoms with E-state index < -0.39 is 0 Å². The van der Waals surface area contributed by atoms with Gasteiger partial charge in [0.1, 0.15) is 0 Å². The van der Waals surface area contributed by atoms with E-state index in [2.05, 4.69) is 5.73 Å². The second-order valence-electron chi connectivity index (χ2n) is 0.641. The second-order valence-corrected chi connectivity index (χ2v) is 0.641. The van der Waals surface area contributed by atoms with Crippen LogP contribution in [0.1, 0.15) is 6.92 Å². The Hall–Kier alpha value is 0.439. The zero-order chi connectivity index (χ0) is 3.58. The zero-order valence-corrected chi connectivity index (χ0v) is 3.77. The van der Waals surface area contributed by atoms with Gasteiger partial charge in [0, 0.05) is 0 Å². The summed E-state index contributed by atoms with van der Waals surface area (Å²) in [6, 6.07) is 0. The molecule has 0 aliphatic heterocycles. The molecule has 0 spiro atoms. The predicted octanol–water partition coefficient (Wildman–Crippen LogP) is -0.176. The Labute approximate surface area is 41.8 Å². The van der Waals surface area contributed by atoms with Gasteiger partial charge in [-0.3, -0.25) is 0 Å². The molecule has 0 heterocycles. The molecule has 0 amide bonds. The molecule has 2 nitrogen and oxygen atoms in total. The molecule has 0 rings (SSSR count). The van der Waals surface area contributed by atoms with E-state index in [0.29, 0.717) is 0 Å². The van der Waals surface area contributed by atoms with Crippen LogP contribution in [0.3, 0.4) is 0 Å². The Kier molecular flexibility index (Phi) is 8.05. The Morgan fingerprint density at radius 1 is 1.80 bits per heavy atom. The number of hydrogen-bond acceptors (Lipinski definition) is 2. The first-order valence-electron chi connectivity index (χ1n) is 1.01. The molecule has 3 heteroatoms. The van der Waals surface area contributed by atoms with E-state index in [4.69, 9.17) is 5.11 Å². The summed E-state index contributed by atoms with van der Waals surface area (Å²) >= 11 is 0. The zero-order valence-electron chi connectivity index (χ0n) is 2.83. The standard InChI is InChI=1S/C2H6NO.Cu/c1-2(3)4;/h4H,3H2,1H3;/q-1;+1. The molecule has 0 bridgehead atoms. The Morgan fingerprint density at radius 2 is 1.80 bits per heavy atom. The van der Waals surface area contributed by atoms with Crippen molar-refractivity contribution in [3.8, 4) is 0 Å². The average Bonchev–Trinajstić information content (AvgIpc) is 0.811. The third kappa shape index (κ3) is 137. The molecular formula is C2H6CuNO. The first kappa shape index (κ1) is 9.06. The number of rotatable bonds is 0. The maximum atomic E-state index is 7.75. The maximum absolute atomic E-state index is 7.75. The molecular weight excluding hydrogens is 118 g/mol. The van der Waals surface area contributed by atoms with Gasteiger partial charge in [0.25, 0.3) is 0 Å². The number of nitrogens with two attached hydrogens (primary N) is 1. The molecule has 0 saturated heterocycles. The topological polar surface area (TPSA) is 46.2 Å². The number of hydrogen-bond donors (Lipinski definition) is 2. The van der Waals surface area contributed by atoms with Gasteiger partial charge in [-0.25, -0.2) is 0 Å². The molecule has 0 aromatic rings. The van der Waals surface area contributed by atoms with E-state index >= 15 is 0 Å². The minimum absolute atomic E-state index is 0. The van der Waals surface area contributed by atoms with Crippen LogP contribution in [0.5, 0.6) is 0 Å². The van der Waals surface area contributed by atoms with E-state index in [0.717, 1.165) is 0 Å². The van der Waals surface area contributed by atoms with Gasteiger partial charge >= 0.3 is 17.1 Å². The van der Waals surface area contributed by atoms with Crippen LogP contribution in [0.2, 0.25) is 0 Å². The molecule has 0 aromatic heterocycles. The molecule has 0 radical (unpaired) electrons. The first-order valence-corrected chi connectivity index (χ1v) is 1.01. The summed E-state index contributed by atoms with van der Waals surface area (Å²) < 4.78 is 0. The molecule has 0 aliphatic carbocycles. The van der Waals surface area contributed by atoms with Crippen LogP contribution >= 0.6 is 0 Å². The Bertz CT molecular complexity index is 14.4. The van der Waals surface area contributed by atoms with Crippen molar-refractivity contribution in [1.29, 1.82) is 0 Å². The third-order valence-electron chi connectivity index (χ3n) is 0. The monoisotopic (exact) mass is 123 g/mol. The number of aliphatic hydroxyl groups is 1. The minimum atomic E-state index is -0.0833. The first-order chi connectivity index (χ1) is 1.73. The Morgan fingerprint density at radius 3 is 1.80 bits per heavy atom. The van der Waals surface area contributed by atoms with E-state index in [1.807, 2.05) is 0 Å². The van der Waals surface area contributed by atoms with Crippen molar-refractivity contribution in [2.75, 3.05) is 0 Å². The van der Waals surface area contributed by atoms with Gasteiger partial charge in [0.05, 0.1) is 0 Å². The molecule has 0 atom stereocenters. The van der Waals surface area contributed by atoms with E-state index in [1.165, 1.54) is 6.92 Å². The average molecular weight is 124 g/mol. The number of aliphatic hydroxyl groups excluding tert-OH is 1. The van der Waals surface area contributed by atoms with Gasteiger partial charge in [-0.1, -0.05) is 0 Å². The third-order valence-corrected chi connectivity index (χ3v) is 0. The van der Waals surface area contributed by atoms with Gasteiger partial charge in [-0.2, -0.15) is 6.92 Å². The summed E-state index contributed by atoms with van der Waals surface area (Å²) in [4.78, 5) is 0. The van der Waals surface area contributed by atoms with Crippen molar-refractivity contribution in [2.45, 2.75) is 6.92 Å².